The van der Waals surface area contributed by atoms with Crippen molar-refractivity contribution >= 4 is 41.7 Å². The Labute approximate surface area is 276 Å². The molecule has 4 fully saturated rings. The standard InChI is InChI=1S/C34H47BN6O6/c1-21(2)17-29(35-46-28-20-25-19-27(33(25,3)4)34(28,5)47-35)39-31(43)26(11-8-16-37-32(36)40-41(44)45)38-30(42)15-13-22-12-14-23-9-6-7-10-24(23)18-22/h6-7,9-10,12-15,18,21,25-29H,8,11,16-17,19-20H2,1-5H3,(H,38,42)(H,39,43)(H3,36,37,40)/b15-13+/t25-,26+,27-,28-,29+,34+/m1/s1. The van der Waals surface area contributed by atoms with E-state index in [0.29, 0.717) is 24.7 Å². The number of nitrogens with two attached hydrogens (primary N) is 1. The Morgan fingerprint density at radius 3 is 2.60 bits per heavy atom. The fourth-order valence-corrected chi connectivity index (χ4v) is 7.70. The van der Waals surface area contributed by atoms with E-state index in [9.17, 15) is 19.7 Å². The van der Waals surface area contributed by atoms with Gasteiger partial charge in [0.2, 0.25) is 11.8 Å². The van der Waals surface area contributed by atoms with E-state index in [4.69, 9.17) is 15.0 Å². The van der Waals surface area contributed by atoms with Crippen molar-refractivity contribution in [1.29, 1.82) is 0 Å². The van der Waals surface area contributed by atoms with Crippen molar-refractivity contribution < 1.29 is 23.9 Å². The number of benzene rings is 2. The van der Waals surface area contributed by atoms with Gasteiger partial charge in [-0.25, -0.2) is 15.1 Å². The Morgan fingerprint density at radius 1 is 1.15 bits per heavy atom. The summed E-state index contributed by atoms with van der Waals surface area (Å²) in [5.74, 6) is -0.301. The highest BCUT2D eigenvalue weighted by atomic mass is 16.7. The summed E-state index contributed by atoms with van der Waals surface area (Å²) in [4.78, 5) is 41.6. The lowest BCUT2D eigenvalue weighted by molar-refractivity contribution is -0.525. The van der Waals surface area contributed by atoms with Gasteiger partial charge in [-0.15, -0.1) is 0 Å². The topological polar surface area (TPSA) is 170 Å². The Bertz CT molecular complexity index is 1550. The smallest absolute Gasteiger partial charge is 0.404 e. The molecule has 1 saturated heterocycles. The van der Waals surface area contributed by atoms with Gasteiger partial charge in [-0.1, -0.05) is 69.5 Å². The summed E-state index contributed by atoms with van der Waals surface area (Å²) >= 11 is 0. The van der Waals surface area contributed by atoms with Crippen LogP contribution in [0.5, 0.6) is 0 Å². The number of aliphatic imine (C=N–C) groups is 1. The van der Waals surface area contributed by atoms with E-state index in [1.54, 1.807) is 11.5 Å². The zero-order valence-corrected chi connectivity index (χ0v) is 27.9. The van der Waals surface area contributed by atoms with E-state index >= 15 is 0 Å². The summed E-state index contributed by atoms with van der Waals surface area (Å²) in [6, 6.07) is 13.0. The zero-order chi connectivity index (χ0) is 33.9. The molecule has 3 aliphatic carbocycles. The summed E-state index contributed by atoms with van der Waals surface area (Å²) in [6.07, 6.45) is 6.37. The second kappa shape index (κ2) is 14.0. The minimum atomic E-state index is -0.899. The maximum Gasteiger partial charge on any atom is 0.481 e. The van der Waals surface area contributed by atoms with Crippen LogP contribution in [0.2, 0.25) is 0 Å². The molecule has 2 aromatic rings. The summed E-state index contributed by atoms with van der Waals surface area (Å²) in [5, 5.41) is 18.0. The van der Waals surface area contributed by atoms with Crippen LogP contribution in [0.25, 0.3) is 16.8 Å². The van der Waals surface area contributed by atoms with E-state index in [-0.39, 0.29) is 42.3 Å². The molecule has 5 N–H and O–H groups in total. The molecule has 6 atom stereocenters. The molecule has 47 heavy (non-hydrogen) atoms. The third-order valence-electron chi connectivity index (χ3n) is 10.3. The third kappa shape index (κ3) is 7.78. The first kappa shape index (κ1) is 34.4. The normalized spacial score (nSPS) is 26.0. The van der Waals surface area contributed by atoms with Crippen LogP contribution in [0, 0.1) is 33.3 Å². The summed E-state index contributed by atoms with van der Waals surface area (Å²) < 4.78 is 13.2. The van der Waals surface area contributed by atoms with Crippen LogP contribution in [0.4, 0.5) is 0 Å². The van der Waals surface area contributed by atoms with Crippen LogP contribution in [-0.4, -0.2) is 60.2 Å². The molecule has 0 spiro atoms. The van der Waals surface area contributed by atoms with Crippen molar-refractivity contribution in [2.75, 3.05) is 6.54 Å². The number of guanidine groups is 1. The van der Waals surface area contributed by atoms with Gasteiger partial charge >= 0.3 is 7.12 Å². The number of carbonyl (C=O) groups excluding carboxylic acids is 2. The SMILES string of the molecule is CC(C)C[C@H](NC(=O)[C@H](CCCN=C(N)N[N+](=O)[O-])NC(=O)/C=C/c1ccc2ccccc2c1)B1O[C@@H]2C[C@H]3C[C@H](C3(C)C)[C@]2(C)O1. The average Bonchev–Trinajstić information content (AvgIpc) is 3.37. The lowest BCUT2D eigenvalue weighted by atomic mass is 9.43. The van der Waals surface area contributed by atoms with Gasteiger partial charge < -0.3 is 25.7 Å². The first-order valence-corrected chi connectivity index (χ1v) is 16.6. The third-order valence-corrected chi connectivity index (χ3v) is 10.3. The van der Waals surface area contributed by atoms with Crippen molar-refractivity contribution in [1.82, 2.24) is 16.1 Å². The second-order valence-electron chi connectivity index (χ2n) is 14.4. The summed E-state index contributed by atoms with van der Waals surface area (Å²) in [5.41, 5.74) is 7.98. The number of hydrogen-bond donors (Lipinski definition) is 4. The second-order valence-corrected chi connectivity index (χ2v) is 14.4. The quantitative estimate of drug-likeness (QED) is 0.0481. The molecule has 12 nitrogen and oxygen atoms in total. The molecule has 0 unspecified atom stereocenters. The molecule has 2 aromatic carbocycles. The Balaban J connectivity index is 1.28. The van der Waals surface area contributed by atoms with Crippen molar-refractivity contribution in [2.45, 2.75) is 90.4 Å². The highest BCUT2D eigenvalue weighted by molar-refractivity contribution is 6.48. The van der Waals surface area contributed by atoms with Gasteiger partial charge in [-0.05, 0) is 90.7 Å². The molecule has 13 heteroatoms. The first-order valence-electron chi connectivity index (χ1n) is 16.6. The minimum absolute atomic E-state index is 0.0253. The molecule has 1 aliphatic heterocycles. The molecule has 4 aliphatic rings. The molecule has 6 rings (SSSR count). The monoisotopic (exact) mass is 646 g/mol. The van der Waals surface area contributed by atoms with Crippen molar-refractivity contribution in [3.8, 4) is 0 Å². The van der Waals surface area contributed by atoms with Crippen molar-refractivity contribution in [3.05, 3.63) is 64.2 Å². The number of nitrogens with one attached hydrogen (secondary N) is 3. The molecular formula is C34H47BN6O6. The molecule has 0 aromatic heterocycles. The highest BCUT2D eigenvalue weighted by Gasteiger charge is 2.68. The van der Waals surface area contributed by atoms with Gasteiger partial charge in [-0.2, -0.15) is 0 Å². The fraction of sp³-hybridized carbons (Fsp3) is 0.559. The number of hydrogen-bond acceptors (Lipinski definition) is 7. The predicted octanol–water partition coefficient (Wildman–Crippen LogP) is 4.01. The van der Waals surface area contributed by atoms with Gasteiger partial charge in [0.1, 0.15) is 6.04 Å². The van der Waals surface area contributed by atoms with Crippen molar-refractivity contribution in [2.24, 2.45) is 33.9 Å². The Kier molecular flexibility index (Phi) is 10.3. The van der Waals surface area contributed by atoms with Crippen LogP contribution < -0.4 is 21.8 Å². The lowest BCUT2D eigenvalue weighted by Crippen LogP contribution is -2.65. The van der Waals surface area contributed by atoms with Gasteiger partial charge in [0.05, 0.1) is 17.6 Å². The predicted molar refractivity (Wildman–Crippen MR) is 182 cm³/mol. The highest BCUT2D eigenvalue weighted by Crippen LogP contribution is 2.65. The van der Waals surface area contributed by atoms with Gasteiger partial charge in [0, 0.05) is 12.6 Å². The number of amides is 2. The molecule has 252 valence electrons. The average molecular weight is 647 g/mol. The zero-order valence-electron chi connectivity index (χ0n) is 27.9. The van der Waals surface area contributed by atoms with Crippen LogP contribution in [0.3, 0.4) is 0 Å². The van der Waals surface area contributed by atoms with Crippen LogP contribution in [0.15, 0.2) is 53.5 Å². The largest absolute Gasteiger partial charge is 0.481 e. The van der Waals surface area contributed by atoms with Crippen LogP contribution >= 0.6 is 0 Å². The number of hydrazine groups is 1. The molecule has 3 saturated carbocycles. The number of carbonyl (C=O) groups is 2. The van der Waals surface area contributed by atoms with E-state index in [1.165, 1.54) is 6.08 Å². The van der Waals surface area contributed by atoms with Gasteiger partial charge in [-0.3, -0.25) is 9.59 Å². The molecule has 2 amide bonds. The Hall–Kier alpha value is -3.97. The number of fused-ring (bicyclic) bond motifs is 1. The maximum absolute atomic E-state index is 13.9. The van der Waals surface area contributed by atoms with E-state index in [2.05, 4.69) is 50.2 Å². The summed E-state index contributed by atoms with van der Waals surface area (Å²) in [6.45, 7) is 11.1. The van der Waals surface area contributed by atoms with Crippen molar-refractivity contribution in [3.63, 3.8) is 0 Å². The molecule has 1 heterocycles. The van der Waals surface area contributed by atoms with E-state index in [1.807, 2.05) is 42.5 Å². The Morgan fingerprint density at radius 2 is 1.89 bits per heavy atom. The van der Waals surface area contributed by atoms with E-state index < -0.39 is 35.6 Å². The lowest BCUT2D eigenvalue weighted by Gasteiger charge is -2.64. The van der Waals surface area contributed by atoms with Gasteiger partial charge in [0.15, 0.2) is 5.03 Å². The number of nitro groups is 1. The van der Waals surface area contributed by atoms with Crippen LogP contribution in [-0.2, 0) is 18.9 Å². The van der Waals surface area contributed by atoms with E-state index in [0.717, 1.165) is 29.2 Å². The fourth-order valence-electron chi connectivity index (χ4n) is 7.70. The first-order chi connectivity index (χ1) is 22.3. The molecule has 0 radical (unpaired) electrons. The number of nitrogens with zero attached hydrogens (tertiary/aromatic N) is 2. The van der Waals surface area contributed by atoms with Crippen LogP contribution in [0.1, 0.15) is 72.3 Å². The summed E-state index contributed by atoms with van der Waals surface area (Å²) in [7, 11) is -0.603. The minimum Gasteiger partial charge on any atom is -0.404 e. The van der Waals surface area contributed by atoms with Gasteiger partial charge in [0.25, 0.3) is 5.96 Å². The maximum atomic E-state index is 13.9. The molecule has 2 bridgehead atoms. The molecular weight excluding hydrogens is 599 g/mol. The number of rotatable bonds is 13.